The highest BCUT2D eigenvalue weighted by atomic mass is 35.5. The molecule has 1 amide bonds. The summed E-state index contributed by atoms with van der Waals surface area (Å²) in [6.07, 6.45) is 1.09. The summed E-state index contributed by atoms with van der Waals surface area (Å²) in [5.74, 6) is -0.169. The Bertz CT molecular complexity index is 981. The molecule has 5 nitrogen and oxygen atoms in total. The Morgan fingerprint density at radius 1 is 1.04 bits per heavy atom. The number of benzene rings is 2. The number of sulfone groups is 1. The van der Waals surface area contributed by atoms with Crippen LogP contribution in [0.5, 0.6) is 0 Å². The number of piperazine rings is 1. The Morgan fingerprint density at radius 3 is 2.33 bits per heavy atom. The first-order chi connectivity index (χ1) is 12.7. The molecule has 0 unspecified atom stereocenters. The molecule has 1 fully saturated rings. The predicted octanol–water partition coefficient (Wildman–Crippen LogP) is 3.32. The number of halogens is 1. The molecule has 2 aromatic rings. The minimum Gasteiger partial charge on any atom is -0.368 e. The normalized spacial score (nSPS) is 15.1. The van der Waals surface area contributed by atoms with Gasteiger partial charge >= 0.3 is 0 Å². The van der Waals surface area contributed by atoms with Crippen LogP contribution in [0.3, 0.4) is 0 Å². The molecule has 0 bridgehead atoms. The van der Waals surface area contributed by atoms with Crippen molar-refractivity contribution in [1.82, 2.24) is 4.90 Å². The molecule has 0 radical (unpaired) electrons. The maximum atomic E-state index is 12.8. The van der Waals surface area contributed by atoms with E-state index in [9.17, 15) is 13.2 Å². The fraction of sp³-hybridized carbons (Fsp3) is 0.350. The molecule has 1 heterocycles. The highest BCUT2D eigenvalue weighted by Gasteiger charge is 2.24. The van der Waals surface area contributed by atoms with Gasteiger partial charge in [-0.2, -0.15) is 0 Å². The van der Waals surface area contributed by atoms with Crippen molar-refractivity contribution in [1.29, 1.82) is 0 Å². The summed E-state index contributed by atoms with van der Waals surface area (Å²) in [6, 6.07) is 10.7. The molecule has 3 rings (SSSR count). The van der Waals surface area contributed by atoms with Gasteiger partial charge in [-0.15, -0.1) is 0 Å². The molecular weight excluding hydrogens is 384 g/mol. The van der Waals surface area contributed by atoms with Crippen LogP contribution in [-0.2, 0) is 9.84 Å². The van der Waals surface area contributed by atoms with Gasteiger partial charge in [-0.3, -0.25) is 4.79 Å². The lowest BCUT2D eigenvalue weighted by atomic mass is 10.1. The van der Waals surface area contributed by atoms with Crippen LogP contribution in [0.15, 0.2) is 41.3 Å². The fourth-order valence-corrected chi connectivity index (χ4v) is 4.63. The molecule has 0 aliphatic carbocycles. The number of nitrogens with zero attached hydrogens (tertiary/aromatic N) is 2. The Labute approximate surface area is 165 Å². The Morgan fingerprint density at radius 2 is 1.70 bits per heavy atom. The lowest BCUT2D eigenvalue weighted by molar-refractivity contribution is 0.0746. The third-order valence-electron chi connectivity index (χ3n) is 5.06. The fourth-order valence-electron chi connectivity index (χ4n) is 3.33. The second-order valence-corrected chi connectivity index (χ2v) is 9.31. The number of amides is 1. The summed E-state index contributed by atoms with van der Waals surface area (Å²) in [5, 5.41) is 0.133. The van der Waals surface area contributed by atoms with Crippen molar-refractivity contribution in [3.63, 3.8) is 0 Å². The van der Waals surface area contributed by atoms with Crippen LogP contribution in [0, 0.1) is 13.8 Å². The van der Waals surface area contributed by atoms with Crippen LogP contribution in [0.1, 0.15) is 21.5 Å². The lowest BCUT2D eigenvalue weighted by Gasteiger charge is -2.37. The van der Waals surface area contributed by atoms with E-state index in [-0.39, 0.29) is 15.8 Å². The molecule has 0 N–H and O–H groups in total. The van der Waals surface area contributed by atoms with Crippen LogP contribution >= 0.6 is 11.6 Å². The van der Waals surface area contributed by atoms with Crippen molar-refractivity contribution in [2.24, 2.45) is 0 Å². The first-order valence-electron chi connectivity index (χ1n) is 8.78. The van der Waals surface area contributed by atoms with Crippen molar-refractivity contribution in [2.75, 3.05) is 37.3 Å². The minimum absolute atomic E-state index is 0.0101. The minimum atomic E-state index is -3.48. The molecule has 0 atom stereocenters. The first kappa shape index (κ1) is 19.7. The van der Waals surface area contributed by atoms with E-state index in [0.29, 0.717) is 18.7 Å². The van der Waals surface area contributed by atoms with E-state index < -0.39 is 9.84 Å². The smallest absolute Gasteiger partial charge is 0.254 e. The lowest BCUT2D eigenvalue weighted by Crippen LogP contribution is -2.49. The summed E-state index contributed by atoms with van der Waals surface area (Å²) >= 11 is 5.98. The van der Waals surface area contributed by atoms with Crippen molar-refractivity contribution >= 4 is 33.0 Å². The number of carbonyl (C=O) groups is 1. The second kappa shape index (κ2) is 7.52. The molecule has 27 heavy (non-hydrogen) atoms. The van der Waals surface area contributed by atoms with Gasteiger partial charge in [0.05, 0.1) is 9.92 Å². The van der Waals surface area contributed by atoms with E-state index in [1.807, 2.05) is 0 Å². The summed E-state index contributed by atoms with van der Waals surface area (Å²) in [7, 11) is -3.48. The number of aryl methyl sites for hydroxylation is 1. The number of rotatable bonds is 3. The number of hydrogen-bond donors (Lipinski definition) is 0. The van der Waals surface area contributed by atoms with Crippen LogP contribution < -0.4 is 4.90 Å². The van der Waals surface area contributed by atoms with E-state index in [4.69, 9.17) is 11.6 Å². The number of anilines is 1. The number of hydrogen-bond acceptors (Lipinski definition) is 4. The van der Waals surface area contributed by atoms with Gasteiger partial charge in [0, 0.05) is 43.7 Å². The predicted molar refractivity (Wildman–Crippen MR) is 109 cm³/mol. The van der Waals surface area contributed by atoms with Gasteiger partial charge in [0.15, 0.2) is 9.84 Å². The molecule has 144 valence electrons. The maximum absolute atomic E-state index is 12.8. The molecule has 7 heteroatoms. The third-order valence-corrected chi connectivity index (χ3v) is 6.64. The van der Waals surface area contributed by atoms with Gasteiger partial charge in [-0.05, 0) is 49.2 Å². The van der Waals surface area contributed by atoms with Crippen LogP contribution in [0.2, 0.25) is 5.02 Å². The van der Waals surface area contributed by atoms with Crippen LogP contribution in [-0.4, -0.2) is 51.7 Å². The van der Waals surface area contributed by atoms with Gasteiger partial charge < -0.3 is 9.80 Å². The van der Waals surface area contributed by atoms with E-state index in [2.05, 4.69) is 36.9 Å². The van der Waals surface area contributed by atoms with Crippen molar-refractivity contribution < 1.29 is 13.2 Å². The summed E-state index contributed by atoms with van der Waals surface area (Å²) < 4.78 is 23.7. The summed E-state index contributed by atoms with van der Waals surface area (Å²) in [5.41, 5.74) is 4.06. The topological polar surface area (TPSA) is 57.7 Å². The zero-order chi connectivity index (χ0) is 19.8. The van der Waals surface area contributed by atoms with E-state index >= 15 is 0 Å². The van der Waals surface area contributed by atoms with E-state index in [0.717, 1.165) is 19.3 Å². The average Bonchev–Trinajstić information content (AvgIpc) is 2.63. The third kappa shape index (κ3) is 4.12. The highest BCUT2D eigenvalue weighted by molar-refractivity contribution is 7.90. The molecule has 2 aromatic carbocycles. The average molecular weight is 407 g/mol. The molecular formula is C20H23ClN2O3S. The van der Waals surface area contributed by atoms with Gasteiger partial charge in [-0.1, -0.05) is 23.7 Å². The Balaban J connectivity index is 1.75. The van der Waals surface area contributed by atoms with Crippen LogP contribution in [0.25, 0.3) is 0 Å². The van der Waals surface area contributed by atoms with Gasteiger partial charge in [-0.25, -0.2) is 8.42 Å². The standard InChI is InChI=1S/C20H23ClN2O3S/c1-14-5-4-6-18(15(14)2)22-9-11-23(12-10-22)20(24)16-7-8-17(21)19(13-16)27(3,25)26/h4-8,13H,9-12H2,1-3H3. The van der Waals surface area contributed by atoms with Gasteiger partial charge in [0.2, 0.25) is 0 Å². The first-order valence-corrected chi connectivity index (χ1v) is 11.1. The molecule has 0 aromatic heterocycles. The largest absolute Gasteiger partial charge is 0.368 e. The Kier molecular flexibility index (Phi) is 5.49. The van der Waals surface area contributed by atoms with Crippen molar-refractivity contribution in [3.8, 4) is 0 Å². The van der Waals surface area contributed by atoms with Crippen molar-refractivity contribution in [3.05, 3.63) is 58.1 Å². The SMILES string of the molecule is Cc1cccc(N2CCN(C(=O)c3ccc(Cl)c(S(C)(=O)=O)c3)CC2)c1C. The zero-order valence-corrected chi connectivity index (χ0v) is 17.3. The van der Waals surface area contributed by atoms with Crippen molar-refractivity contribution in [2.45, 2.75) is 18.7 Å². The molecule has 1 saturated heterocycles. The zero-order valence-electron chi connectivity index (χ0n) is 15.7. The second-order valence-electron chi connectivity index (χ2n) is 6.92. The maximum Gasteiger partial charge on any atom is 0.254 e. The van der Waals surface area contributed by atoms with Crippen LogP contribution in [0.4, 0.5) is 5.69 Å². The molecule has 1 aliphatic heterocycles. The molecule has 1 aliphatic rings. The monoisotopic (exact) mass is 406 g/mol. The quantitative estimate of drug-likeness (QED) is 0.784. The van der Waals surface area contributed by atoms with E-state index in [1.165, 1.54) is 28.9 Å². The highest BCUT2D eigenvalue weighted by Crippen LogP contribution is 2.26. The molecule has 0 saturated carbocycles. The van der Waals surface area contributed by atoms with Gasteiger partial charge in [0.1, 0.15) is 0 Å². The number of carbonyl (C=O) groups excluding carboxylic acids is 1. The van der Waals surface area contributed by atoms with E-state index in [1.54, 1.807) is 11.0 Å². The Hall–Kier alpha value is -2.05. The van der Waals surface area contributed by atoms with Gasteiger partial charge in [0.25, 0.3) is 5.91 Å². The summed E-state index contributed by atoms with van der Waals surface area (Å²) in [4.78, 5) is 16.9. The molecule has 0 spiro atoms. The summed E-state index contributed by atoms with van der Waals surface area (Å²) in [6.45, 7) is 6.86.